The average molecular weight is 510 g/mol. The third-order valence-electron chi connectivity index (χ3n) is 4.38. The van der Waals surface area contributed by atoms with Gasteiger partial charge in [0.25, 0.3) is 0 Å². The van der Waals surface area contributed by atoms with Crippen LogP contribution in [-0.4, -0.2) is 29.3 Å². The summed E-state index contributed by atoms with van der Waals surface area (Å²) in [6, 6.07) is 5.58. The van der Waals surface area contributed by atoms with Gasteiger partial charge in [-0.3, -0.25) is 9.67 Å². The number of hydrogen-bond donors (Lipinski definition) is 2. The van der Waals surface area contributed by atoms with Crippen molar-refractivity contribution >= 4 is 53.1 Å². The molecule has 0 amide bonds. The summed E-state index contributed by atoms with van der Waals surface area (Å²) in [7, 11) is 3.71. The fraction of sp³-hybridized carbons (Fsp3) is 0.444. The van der Waals surface area contributed by atoms with Gasteiger partial charge in [-0.25, -0.2) is 0 Å². The first-order chi connectivity index (χ1) is 11.8. The Balaban J connectivity index is 0.00000338. The summed E-state index contributed by atoms with van der Waals surface area (Å²) in [6.07, 6.45) is 0. The van der Waals surface area contributed by atoms with Crippen molar-refractivity contribution in [3.63, 3.8) is 0 Å². The highest BCUT2D eigenvalue weighted by Gasteiger charge is 2.15. The van der Waals surface area contributed by atoms with Crippen LogP contribution in [0.2, 0.25) is 10.0 Å². The third-order valence-corrected chi connectivity index (χ3v) is 5.04. The fourth-order valence-corrected chi connectivity index (χ4v) is 3.57. The van der Waals surface area contributed by atoms with Crippen molar-refractivity contribution in [2.75, 3.05) is 13.6 Å². The van der Waals surface area contributed by atoms with Crippen molar-refractivity contribution < 1.29 is 0 Å². The molecule has 1 aromatic carbocycles. The largest absolute Gasteiger partial charge is 0.356 e. The van der Waals surface area contributed by atoms with Crippen LogP contribution in [0.4, 0.5) is 0 Å². The SMILES string of the molecule is CN=C(NCc1c(C)nn(C)c1C)NCC(C)c1c(Cl)cccc1Cl.I. The Morgan fingerprint density at radius 1 is 1.23 bits per heavy atom. The van der Waals surface area contributed by atoms with E-state index in [4.69, 9.17) is 23.2 Å². The molecule has 1 heterocycles. The zero-order valence-corrected chi connectivity index (χ0v) is 19.6. The normalized spacial score (nSPS) is 12.5. The topological polar surface area (TPSA) is 54.2 Å². The van der Waals surface area contributed by atoms with Crippen LogP contribution in [0.15, 0.2) is 23.2 Å². The number of rotatable bonds is 5. The van der Waals surface area contributed by atoms with E-state index in [1.807, 2.05) is 36.9 Å². The lowest BCUT2D eigenvalue weighted by Crippen LogP contribution is -2.38. The third kappa shape index (κ3) is 5.50. The Morgan fingerprint density at radius 3 is 2.35 bits per heavy atom. The molecule has 144 valence electrons. The molecule has 2 aromatic rings. The number of benzene rings is 1. The summed E-state index contributed by atoms with van der Waals surface area (Å²) in [5.41, 5.74) is 4.32. The van der Waals surface area contributed by atoms with E-state index in [1.54, 1.807) is 7.05 Å². The predicted octanol–water partition coefficient (Wildman–Crippen LogP) is 4.43. The molecule has 0 radical (unpaired) electrons. The molecule has 0 fully saturated rings. The smallest absolute Gasteiger partial charge is 0.191 e. The average Bonchev–Trinajstić information content (AvgIpc) is 2.80. The first-order valence-corrected chi connectivity index (χ1v) is 8.98. The van der Waals surface area contributed by atoms with Crippen LogP contribution in [0, 0.1) is 13.8 Å². The number of aliphatic imine (C=N–C) groups is 1. The Labute approximate surface area is 182 Å². The molecule has 8 heteroatoms. The first kappa shape index (κ1) is 23.0. The number of aromatic nitrogens is 2. The lowest BCUT2D eigenvalue weighted by Gasteiger charge is -2.18. The summed E-state index contributed by atoms with van der Waals surface area (Å²) >= 11 is 12.6. The highest BCUT2D eigenvalue weighted by Crippen LogP contribution is 2.30. The van der Waals surface area contributed by atoms with Crippen molar-refractivity contribution in [1.82, 2.24) is 20.4 Å². The van der Waals surface area contributed by atoms with Gasteiger partial charge >= 0.3 is 0 Å². The van der Waals surface area contributed by atoms with E-state index < -0.39 is 0 Å². The summed E-state index contributed by atoms with van der Waals surface area (Å²) in [5, 5.41) is 12.5. The minimum atomic E-state index is 0. The fourth-order valence-electron chi connectivity index (χ4n) is 2.80. The molecule has 1 aromatic heterocycles. The molecule has 2 N–H and O–H groups in total. The monoisotopic (exact) mass is 509 g/mol. The Hall–Kier alpha value is -0.990. The summed E-state index contributed by atoms with van der Waals surface area (Å²) in [5.74, 6) is 0.888. The summed E-state index contributed by atoms with van der Waals surface area (Å²) < 4.78 is 1.89. The number of nitrogens with zero attached hydrogens (tertiary/aromatic N) is 3. The maximum atomic E-state index is 6.28. The molecule has 1 atom stereocenters. The van der Waals surface area contributed by atoms with E-state index in [1.165, 1.54) is 5.56 Å². The molecule has 0 saturated carbocycles. The van der Waals surface area contributed by atoms with E-state index in [0.29, 0.717) is 23.1 Å². The van der Waals surface area contributed by atoms with Gasteiger partial charge in [0.15, 0.2) is 5.96 Å². The number of halogens is 3. The molecular weight excluding hydrogens is 484 g/mol. The highest BCUT2D eigenvalue weighted by molar-refractivity contribution is 14.0. The molecular formula is C18H26Cl2IN5. The van der Waals surface area contributed by atoms with Crippen molar-refractivity contribution in [2.45, 2.75) is 33.2 Å². The van der Waals surface area contributed by atoms with Gasteiger partial charge in [-0.1, -0.05) is 36.2 Å². The van der Waals surface area contributed by atoms with E-state index in [-0.39, 0.29) is 29.9 Å². The Bertz CT molecular complexity index is 753. The van der Waals surface area contributed by atoms with Crippen LogP contribution in [0.25, 0.3) is 0 Å². The van der Waals surface area contributed by atoms with E-state index in [0.717, 1.165) is 22.9 Å². The van der Waals surface area contributed by atoms with E-state index in [2.05, 4.69) is 34.6 Å². The van der Waals surface area contributed by atoms with Crippen LogP contribution in [0.1, 0.15) is 35.4 Å². The molecule has 0 aliphatic carbocycles. The van der Waals surface area contributed by atoms with Gasteiger partial charge in [-0.15, -0.1) is 24.0 Å². The molecule has 26 heavy (non-hydrogen) atoms. The van der Waals surface area contributed by atoms with Crippen LogP contribution >= 0.6 is 47.2 Å². The van der Waals surface area contributed by atoms with Gasteiger partial charge in [-0.05, 0) is 31.5 Å². The van der Waals surface area contributed by atoms with Gasteiger partial charge < -0.3 is 10.6 Å². The zero-order chi connectivity index (χ0) is 18.6. The second kappa shape index (κ2) is 10.4. The van der Waals surface area contributed by atoms with Crippen molar-refractivity contribution in [1.29, 1.82) is 0 Å². The maximum absolute atomic E-state index is 6.28. The summed E-state index contributed by atoms with van der Waals surface area (Å²) in [4.78, 5) is 4.28. The molecule has 0 spiro atoms. The molecule has 0 aliphatic heterocycles. The lowest BCUT2D eigenvalue weighted by atomic mass is 10.0. The maximum Gasteiger partial charge on any atom is 0.191 e. The quantitative estimate of drug-likeness (QED) is 0.356. The number of aryl methyl sites for hydroxylation is 2. The van der Waals surface area contributed by atoms with Crippen molar-refractivity contribution in [3.05, 3.63) is 50.8 Å². The van der Waals surface area contributed by atoms with Crippen molar-refractivity contribution in [3.8, 4) is 0 Å². The van der Waals surface area contributed by atoms with Gasteiger partial charge in [-0.2, -0.15) is 5.10 Å². The molecule has 0 aliphatic rings. The molecule has 2 rings (SSSR count). The van der Waals surface area contributed by atoms with Crippen molar-refractivity contribution in [2.24, 2.45) is 12.0 Å². The van der Waals surface area contributed by atoms with Crippen LogP contribution in [0.3, 0.4) is 0 Å². The van der Waals surface area contributed by atoms with Crippen LogP contribution in [-0.2, 0) is 13.6 Å². The van der Waals surface area contributed by atoms with Gasteiger partial charge in [0, 0.05) is 54.4 Å². The number of guanidine groups is 1. The van der Waals surface area contributed by atoms with Crippen LogP contribution in [0.5, 0.6) is 0 Å². The minimum absolute atomic E-state index is 0. The van der Waals surface area contributed by atoms with Gasteiger partial charge in [0.1, 0.15) is 0 Å². The summed E-state index contributed by atoms with van der Waals surface area (Å²) in [6.45, 7) is 7.51. The molecule has 0 saturated heterocycles. The first-order valence-electron chi connectivity index (χ1n) is 8.22. The molecule has 0 bridgehead atoms. The van der Waals surface area contributed by atoms with E-state index in [9.17, 15) is 0 Å². The highest BCUT2D eigenvalue weighted by atomic mass is 127. The number of hydrogen-bond acceptors (Lipinski definition) is 2. The minimum Gasteiger partial charge on any atom is -0.356 e. The second-order valence-corrected chi connectivity index (χ2v) is 6.93. The van der Waals surface area contributed by atoms with Crippen LogP contribution < -0.4 is 10.6 Å². The Morgan fingerprint density at radius 2 is 1.85 bits per heavy atom. The second-order valence-electron chi connectivity index (χ2n) is 6.12. The predicted molar refractivity (Wildman–Crippen MR) is 121 cm³/mol. The molecule has 1 unspecified atom stereocenters. The van der Waals surface area contributed by atoms with Gasteiger partial charge in [0.05, 0.1) is 5.69 Å². The van der Waals surface area contributed by atoms with E-state index >= 15 is 0 Å². The molecule has 5 nitrogen and oxygen atoms in total. The number of nitrogens with one attached hydrogen (secondary N) is 2. The Kier molecular flexibility index (Phi) is 9.19. The standard InChI is InChI=1S/C18H25Cl2N5.HI/c1-11(17-15(19)7-6-8-16(17)20)9-22-18(21-4)23-10-14-12(2)24-25(5)13(14)3;/h6-8,11H,9-10H2,1-5H3,(H2,21,22,23);1H. The lowest BCUT2D eigenvalue weighted by molar-refractivity contribution is 0.697. The van der Waals surface area contributed by atoms with Gasteiger partial charge in [0.2, 0.25) is 0 Å². The zero-order valence-electron chi connectivity index (χ0n) is 15.7.